The number of rotatable bonds is 9. The number of nitrogens with zero attached hydrogens (tertiary/aromatic N) is 1. The summed E-state index contributed by atoms with van der Waals surface area (Å²) in [5.41, 5.74) is 1.97. The highest BCUT2D eigenvalue weighted by Crippen LogP contribution is 2.31. The number of methoxy groups -OCH3 is 3. The topological polar surface area (TPSA) is 105 Å². The number of cyclic esters (lactones) is 1. The van der Waals surface area contributed by atoms with Crippen molar-refractivity contribution in [2.45, 2.75) is 0 Å². The van der Waals surface area contributed by atoms with Crippen LogP contribution in [0, 0.1) is 0 Å². The molecule has 0 spiro atoms. The Labute approximate surface area is 221 Å². The zero-order valence-electron chi connectivity index (χ0n) is 20.2. The molecule has 0 bridgehead atoms. The largest absolute Gasteiger partial charge is 0.493 e. The molecule has 0 atom stereocenters. The molecular formula is C27H23BrN2O7. The van der Waals surface area contributed by atoms with Crippen LogP contribution in [0.25, 0.3) is 6.08 Å². The van der Waals surface area contributed by atoms with Gasteiger partial charge < -0.3 is 29.0 Å². The van der Waals surface area contributed by atoms with Gasteiger partial charge >= 0.3 is 5.97 Å². The van der Waals surface area contributed by atoms with E-state index in [1.807, 2.05) is 12.1 Å². The zero-order chi connectivity index (χ0) is 26.4. The van der Waals surface area contributed by atoms with Crippen LogP contribution < -0.4 is 24.3 Å². The smallest absolute Gasteiger partial charge is 0.363 e. The Morgan fingerprint density at radius 1 is 0.919 bits per heavy atom. The summed E-state index contributed by atoms with van der Waals surface area (Å²) >= 11 is 3.35. The maximum Gasteiger partial charge on any atom is 0.363 e. The highest BCUT2D eigenvalue weighted by molar-refractivity contribution is 9.10. The van der Waals surface area contributed by atoms with E-state index < -0.39 is 5.97 Å². The minimum absolute atomic E-state index is 0.120. The maximum atomic E-state index is 12.4. The first-order valence-electron chi connectivity index (χ1n) is 11.0. The molecule has 37 heavy (non-hydrogen) atoms. The van der Waals surface area contributed by atoms with Gasteiger partial charge in [0.2, 0.25) is 5.90 Å². The van der Waals surface area contributed by atoms with E-state index in [1.165, 1.54) is 21.3 Å². The number of nitrogens with one attached hydrogen (secondary N) is 1. The minimum atomic E-state index is -0.589. The SMILES string of the molecule is COc1ccc(C2=N/C(=C/c3ccc(OCC(=O)Nc4ccc(Br)cc4)c(OC)c3)C(=O)O2)cc1OC. The first-order valence-corrected chi connectivity index (χ1v) is 11.8. The molecule has 1 amide bonds. The van der Waals surface area contributed by atoms with Crippen LogP contribution >= 0.6 is 15.9 Å². The molecule has 3 aromatic rings. The number of anilines is 1. The van der Waals surface area contributed by atoms with Crippen LogP contribution in [-0.4, -0.2) is 45.7 Å². The van der Waals surface area contributed by atoms with Gasteiger partial charge in [0, 0.05) is 15.7 Å². The summed E-state index contributed by atoms with van der Waals surface area (Å²) in [5, 5.41) is 2.76. The van der Waals surface area contributed by atoms with Crippen molar-refractivity contribution >= 4 is 45.5 Å². The summed E-state index contributed by atoms with van der Waals surface area (Å²) in [4.78, 5) is 29.0. The maximum absolute atomic E-state index is 12.4. The monoisotopic (exact) mass is 566 g/mol. The Kier molecular flexibility index (Phi) is 8.09. The van der Waals surface area contributed by atoms with E-state index in [2.05, 4.69) is 26.2 Å². The Morgan fingerprint density at radius 2 is 1.59 bits per heavy atom. The van der Waals surface area contributed by atoms with Crippen molar-refractivity contribution in [3.05, 3.63) is 82.0 Å². The number of ether oxygens (including phenoxy) is 5. The summed E-state index contributed by atoms with van der Waals surface area (Å²) in [5.74, 6) is 1.05. The fraction of sp³-hybridized carbons (Fsp3) is 0.148. The molecule has 1 N–H and O–H groups in total. The van der Waals surface area contributed by atoms with Crippen molar-refractivity contribution in [2.24, 2.45) is 4.99 Å². The average molecular weight is 567 g/mol. The van der Waals surface area contributed by atoms with Crippen LogP contribution in [-0.2, 0) is 14.3 Å². The first-order chi connectivity index (χ1) is 17.9. The van der Waals surface area contributed by atoms with E-state index in [0.29, 0.717) is 39.8 Å². The summed E-state index contributed by atoms with van der Waals surface area (Å²) in [6, 6.07) is 17.3. The fourth-order valence-electron chi connectivity index (χ4n) is 3.43. The second kappa shape index (κ2) is 11.6. The summed E-state index contributed by atoms with van der Waals surface area (Å²) in [6.45, 7) is -0.210. The number of aliphatic imine (C=N–C) groups is 1. The van der Waals surface area contributed by atoms with Crippen LogP contribution in [0.2, 0.25) is 0 Å². The van der Waals surface area contributed by atoms with Gasteiger partial charge in [-0.3, -0.25) is 4.79 Å². The number of halogens is 1. The van der Waals surface area contributed by atoms with E-state index in [4.69, 9.17) is 23.7 Å². The van der Waals surface area contributed by atoms with Crippen molar-refractivity contribution in [3.8, 4) is 23.0 Å². The Hall–Kier alpha value is -4.31. The molecule has 0 aromatic heterocycles. The van der Waals surface area contributed by atoms with Crippen molar-refractivity contribution in [1.82, 2.24) is 0 Å². The molecule has 0 radical (unpaired) electrons. The lowest BCUT2D eigenvalue weighted by atomic mass is 10.1. The van der Waals surface area contributed by atoms with E-state index in [1.54, 1.807) is 54.6 Å². The number of esters is 1. The molecule has 0 fully saturated rings. The quantitative estimate of drug-likeness (QED) is 0.292. The van der Waals surface area contributed by atoms with E-state index in [9.17, 15) is 9.59 Å². The number of hydrogen-bond acceptors (Lipinski definition) is 8. The third-order valence-corrected chi connectivity index (χ3v) is 5.76. The number of amides is 1. The van der Waals surface area contributed by atoms with Crippen LogP contribution in [0.5, 0.6) is 23.0 Å². The normalized spacial score (nSPS) is 13.6. The Bertz CT molecular complexity index is 1380. The number of hydrogen-bond donors (Lipinski definition) is 1. The van der Waals surface area contributed by atoms with Crippen molar-refractivity contribution in [3.63, 3.8) is 0 Å². The van der Waals surface area contributed by atoms with E-state index in [-0.39, 0.29) is 24.1 Å². The molecule has 1 aliphatic rings. The Morgan fingerprint density at radius 3 is 2.30 bits per heavy atom. The lowest BCUT2D eigenvalue weighted by Crippen LogP contribution is -2.20. The van der Waals surface area contributed by atoms with Crippen molar-refractivity contribution in [2.75, 3.05) is 33.3 Å². The summed E-state index contributed by atoms with van der Waals surface area (Å²) < 4.78 is 27.9. The molecule has 1 aliphatic heterocycles. The van der Waals surface area contributed by atoms with Gasteiger partial charge in [0.25, 0.3) is 5.91 Å². The van der Waals surface area contributed by atoms with Gasteiger partial charge in [-0.25, -0.2) is 9.79 Å². The molecule has 0 saturated carbocycles. The fourth-order valence-corrected chi connectivity index (χ4v) is 3.69. The van der Waals surface area contributed by atoms with Gasteiger partial charge in [0.1, 0.15) is 0 Å². The zero-order valence-corrected chi connectivity index (χ0v) is 21.8. The van der Waals surface area contributed by atoms with Crippen LogP contribution in [0.15, 0.2) is 75.8 Å². The number of benzene rings is 3. The van der Waals surface area contributed by atoms with Crippen molar-refractivity contribution < 1.29 is 33.3 Å². The predicted molar refractivity (Wildman–Crippen MR) is 141 cm³/mol. The van der Waals surface area contributed by atoms with Crippen molar-refractivity contribution in [1.29, 1.82) is 0 Å². The molecule has 0 aliphatic carbocycles. The number of carbonyl (C=O) groups is 2. The van der Waals surface area contributed by atoms with Gasteiger partial charge in [0.15, 0.2) is 35.3 Å². The summed E-state index contributed by atoms with van der Waals surface area (Å²) in [6.07, 6.45) is 1.57. The molecule has 190 valence electrons. The molecule has 9 nitrogen and oxygen atoms in total. The predicted octanol–water partition coefficient (Wildman–Crippen LogP) is 4.84. The van der Waals surface area contributed by atoms with Gasteiger partial charge in [-0.2, -0.15) is 0 Å². The highest BCUT2D eigenvalue weighted by atomic mass is 79.9. The molecule has 3 aromatic carbocycles. The summed E-state index contributed by atoms with van der Waals surface area (Å²) in [7, 11) is 4.54. The molecular weight excluding hydrogens is 544 g/mol. The molecule has 0 unspecified atom stereocenters. The van der Waals surface area contributed by atoms with Crippen LogP contribution in [0.3, 0.4) is 0 Å². The molecule has 1 heterocycles. The van der Waals surface area contributed by atoms with Gasteiger partial charge in [-0.15, -0.1) is 0 Å². The van der Waals surface area contributed by atoms with E-state index in [0.717, 1.165) is 4.47 Å². The Balaban J connectivity index is 1.47. The molecule has 4 rings (SSSR count). The third-order valence-electron chi connectivity index (χ3n) is 5.23. The van der Waals surface area contributed by atoms with E-state index >= 15 is 0 Å². The molecule has 0 saturated heterocycles. The third kappa shape index (κ3) is 6.28. The van der Waals surface area contributed by atoms with Crippen LogP contribution in [0.1, 0.15) is 11.1 Å². The van der Waals surface area contributed by atoms with Gasteiger partial charge in [-0.1, -0.05) is 22.0 Å². The number of carbonyl (C=O) groups excluding carboxylic acids is 2. The first kappa shape index (κ1) is 25.8. The average Bonchev–Trinajstić information content (AvgIpc) is 3.28. The second-order valence-corrected chi connectivity index (χ2v) is 8.58. The lowest BCUT2D eigenvalue weighted by molar-refractivity contribution is -0.130. The lowest BCUT2D eigenvalue weighted by Gasteiger charge is -2.11. The van der Waals surface area contributed by atoms with Gasteiger partial charge in [0.05, 0.1) is 21.3 Å². The minimum Gasteiger partial charge on any atom is -0.493 e. The second-order valence-electron chi connectivity index (χ2n) is 7.66. The molecule has 10 heteroatoms. The van der Waals surface area contributed by atoms with Crippen LogP contribution in [0.4, 0.5) is 5.69 Å². The standard InChI is InChI=1S/C27H23BrN2O7/c1-33-21-11-5-17(14-24(21)35-3)26-30-20(27(32)37-26)12-16-4-10-22(23(13-16)34-2)36-15-25(31)29-19-8-6-18(28)7-9-19/h4-14H,15H2,1-3H3,(H,29,31)/b20-12+. The van der Waals surface area contributed by atoms with Gasteiger partial charge in [-0.05, 0) is 66.2 Å². The highest BCUT2D eigenvalue weighted by Gasteiger charge is 2.25.